The number of halogens is 4. The Morgan fingerprint density at radius 3 is 2.14 bits per heavy atom. The zero-order chi connectivity index (χ0) is 21.0. The molecule has 0 atom stereocenters. The van der Waals surface area contributed by atoms with E-state index in [4.69, 9.17) is 5.26 Å². The van der Waals surface area contributed by atoms with E-state index in [1.165, 1.54) is 18.2 Å². The van der Waals surface area contributed by atoms with Gasteiger partial charge in [0.25, 0.3) is 0 Å². The standard InChI is InChI=1S/C21H15F4N3O/c1-2-3-13-11-27-20(28-12-13)14-4-6-15(7-5-14)21(24,25)29-16-8-18(22)17(10-26)19(23)9-16/h4-9,11-12H,2-3H2,1H3. The Morgan fingerprint density at radius 2 is 1.62 bits per heavy atom. The fraction of sp³-hybridized carbons (Fsp3) is 0.190. The van der Waals surface area contributed by atoms with Crippen LogP contribution in [0.25, 0.3) is 11.4 Å². The second-order valence-electron chi connectivity index (χ2n) is 6.23. The van der Waals surface area contributed by atoms with Crippen LogP contribution in [0.2, 0.25) is 0 Å². The number of hydrogen-bond donors (Lipinski definition) is 0. The molecule has 8 heteroatoms. The normalized spacial score (nSPS) is 11.2. The molecule has 0 bridgehead atoms. The van der Waals surface area contributed by atoms with E-state index in [0.717, 1.165) is 30.5 Å². The minimum atomic E-state index is -3.85. The second-order valence-corrected chi connectivity index (χ2v) is 6.23. The number of benzene rings is 2. The molecule has 3 aromatic rings. The quantitative estimate of drug-likeness (QED) is 0.521. The molecule has 0 spiro atoms. The van der Waals surface area contributed by atoms with E-state index < -0.39 is 34.6 Å². The van der Waals surface area contributed by atoms with Gasteiger partial charge in [-0.15, -0.1) is 0 Å². The Labute approximate surface area is 164 Å². The lowest BCUT2D eigenvalue weighted by Crippen LogP contribution is -2.22. The zero-order valence-corrected chi connectivity index (χ0v) is 15.3. The number of rotatable bonds is 6. The van der Waals surface area contributed by atoms with Gasteiger partial charge in [-0.2, -0.15) is 14.0 Å². The average Bonchev–Trinajstić information content (AvgIpc) is 2.68. The van der Waals surface area contributed by atoms with Crippen molar-refractivity contribution in [1.29, 1.82) is 5.26 Å². The van der Waals surface area contributed by atoms with Gasteiger partial charge >= 0.3 is 6.11 Å². The van der Waals surface area contributed by atoms with E-state index in [2.05, 4.69) is 14.7 Å². The maximum Gasteiger partial charge on any atom is 0.426 e. The summed E-state index contributed by atoms with van der Waals surface area (Å²) in [5.41, 5.74) is 0.127. The molecule has 0 fully saturated rings. The molecule has 2 aromatic carbocycles. The van der Waals surface area contributed by atoms with Gasteiger partial charge in [0.2, 0.25) is 0 Å². The van der Waals surface area contributed by atoms with Gasteiger partial charge in [-0.25, -0.2) is 18.7 Å². The highest BCUT2D eigenvalue weighted by Crippen LogP contribution is 2.33. The lowest BCUT2D eigenvalue weighted by molar-refractivity contribution is -0.185. The van der Waals surface area contributed by atoms with Crippen molar-refractivity contribution in [3.05, 3.63) is 77.1 Å². The first-order valence-corrected chi connectivity index (χ1v) is 8.72. The first kappa shape index (κ1) is 20.3. The Bertz CT molecular complexity index is 1020. The van der Waals surface area contributed by atoms with Crippen LogP contribution in [0, 0.1) is 23.0 Å². The van der Waals surface area contributed by atoms with Gasteiger partial charge in [0.1, 0.15) is 29.0 Å². The van der Waals surface area contributed by atoms with E-state index >= 15 is 0 Å². The summed E-state index contributed by atoms with van der Waals surface area (Å²) in [5, 5.41) is 8.63. The molecular weight excluding hydrogens is 386 g/mol. The summed E-state index contributed by atoms with van der Waals surface area (Å²) in [4.78, 5) is 8.45. The summed E-state index contributed by atoms with van der Waals surface area (Å²) in [6, 6.07) is 7.44. The van der Waals surface area contributed by atoms with E-state index in [0.29, 0.717) is 23.5 Å². The molecule has 0 aliphatic rings. The number of aromatic nitrogens is 2. The molecule has 0 amide bonds. The van der Waals surface area contributed by atoms with Gasteiger partial charge in [-0.3, -0.25) is 0 Å². The van der Waals surface area contributed by atoms with Crippen LogP contribution in [-0.4, -0.2) is 9.97 Å². The third-order valence-electron chi connectivity index (χ3n) is 4.10. The van der Waals surface area contributed by atoms with E-state index in [-0.39, 0.29) is 0 Å². The van der Waals surface area contributed by atoms with Crippen molar-refractivity contribution in [2.45, 2.75) is 25.9 Å². The van der Waals surface area contributed by atoms with Crippen LogP contribution >= 0.6 is 0 Å². The summed E-state index contributed by atoms with van der Waals surface area (Å²) in [6.45, 7) is 2.04. The SMILES string of the molecule is CCCc1cnc(-c2ccc(C(F)(F)Oc3cc(F)c(C#N)c(F)c3)cc2)nc1. The number of aryl methyl sites for hydroxylation is 1. The predicted octanol–water partition coefficient (Wildman–Crippen LogP) is 5.37. The third kappa shape index (κ3) is 4.51. The van der Waals surface area contributed by atoms with Gasteiger partial charge in [-0.1, -0.05) is 25.5 Å². The maximum atomic E-state index is 14.4. The Kier molecular flexibility index (Phi) is 5.78. The average molecular weight is 401 g/mol. The van der Waals surface area contributed by atoms with Gasteiger partial charge in [0, 0.05) is 30.1 Å². The smallest absolute Gasteiger partial charge is 0.426 e. The topological polar surface area (TPSA) is 58.8 Å². The molecule has 0 aliphatic heterocycles. The van der Waals surface area contributed by atoms with Crippen molar-refractivity contribution >= 4 is 0 Å². The van der Waals surface area contributed by atoms with Crippen molar-refractivity contribution in [2.75, 3.05) is 0 Å². The van der Waals surface area contributed by atoms with Gasteiger partial charge < -0.3 is 4.74 Å². The monoisotopic (exact) mass is 401 g/mol. The van der Waals surface area contributed by atoms with Crippen LogP contribution in [-0.2, 0) is 12.5 Å². The second kappa shape index (κ2) is 8.27. The molecule has 4 nitrogen and oxygen atoms in total. The summed E-state index contributed by atoms with van der Waals surface area (Å²) < 4.78 is 60.5. The molecule has 3 rings (SSSR count). The number of nitriles is 1. The highest BCUT2D eigenvalue weighted by molar-refractivity contribution is 5.55. The summed E-state index contributed by atoms with van der Waals surface area (Å²) in [6.07, 6.45) is 1.33. The van der Waals surface area contributed by atoms with Crippen molar-refractivity contribution < 1.29 is 22.3 Å². The highest BCUT2D eigenvalue weighted by Gasteiger charge is 2.35. The summed E-state index contributed by atoms with van der Waals surface area (Å²) in [5.74, 6) is -2.91. The summed E-state index contributed by atoms with van der Waals surface area (Å²) >= 11 is 0. The number of ether oxygens (including phenoxy) is 1. The number of nitrogens with zero attached hydrogens (tertiary/aromatic N) is 3. The zero-order valence-electron chi connectivity index (χ0n) is 15.3. The highest BCUT2D eigenvalue weighted by atomic mass is 19.3. The van der Waals surface area contributed by atoms with Gasteiger partial charge in [-0.05, 0) is 24.1 Å². The molecule has 0 saturated carbocycles. The summed E-state index contributed by atoms with van der Waals surface area (Å²) in [7, 11) is 0. The molecule has 0 saturated heterocycles. The van der Waals surface area contributed by atoms with Crippen molar-refractivity contribution in [3.8, 4) is 23.2 Å². The van der Waals surface area contributed by atoms with Crippen LogP contribution in [0.5, 0.6) is 5.75 Å². The van der Waals surface area contributed by atoms with Gasteiger partial charge in [0.15, 0.2) is 5.82 Å². The molecule has 1 aromatic heterocycles. The molecule has 0 unspecified atom stereocenters. The molecule has 148 valence electrons. The van der Waals surface area contributed by atoms with Crippen LogP contribution < -0.4 is 4.74 Å². The van der Waals surface area contributed by atoms with E-state index in [9.17, 15) is 17.6 Å². The molecule has 0 aliphatic carbocycles. The molecular formula is C21H15F4N3O. The largest absolute Gasteiger partial charge is 0.429 e. The first-order valence-electron chi connectivity index (χ1n) is 8.72. The lowest BCUT2D eigenvalue weighted by Gasteiger charge is -2.18. The predicted molar refractivity (Wildman–Crippen MR) is 97.1 cm³/mol. The Hall–Kier alpha value is -3.47. The third-order valence-corrected chi connectivity index (χ3v) is 4.10. The van der Waals surface area contributed by atoms with Crippen molar-refractivity contribution in [2.24, 2.45) is 0 Å². The van der Waals surface area contributed by atoms with Crippen molar-refractivity contribution in [1.82, 2.24) is 9.97 Å². The van der Waals surface area contributed by atoms with E-state index in [1.54, 1.807) is 12.4 Å². The fourth-order valence-corrected chi connectivity index (χ4v) is 2.66. The minimum absolute atomic E-state index is 0.386. The fourth-order valence-electron chi connectivity index (χ4n) is 2.66. The first-order chi connectivity index (χ1) is 13.8. The Balaban J connectivity index is 1.80. The maximum absolute atomic E-state index is 14.4. The molecule has 1 heterocycles. The van der Waals surface area contributed by atoms with Crippen LogP contribution in [0.1, 0.15) is 30.0 Å². The van der Waals surface area contributed by atoms with Crippen LogP contribution in [0.4, 0.5) is 17.6 Å². The lowest BCUT2D eigenvalue weighted by atomic mass is 10.1. The van der Waals surface area contributed by atoms with Crippen LogP contribution in [0.15, 0.2) is 48.8 Å². The van der Waals surface area contributed by atoms with Crippen LogP contribution in [0.3, 0.4) is 0 Å². The van der Waals surface area contributed by atoms with Gasteiger partial charge in [0.05, 0.1) is 5.56 Å². The molecule has 0 radical (unpaired) electrons. The Morgan fingerprint density at radius 1 is 1.03 bits per heavy atom. The minimum Gasteiger partial charge on any atom is -0.429 e. The van der Waals surface area contributed by atoms with Crippen molar-refractivity contribution in [3.63, 3.8) is 0 Å². The molecule has 29 heavy (non-hydrogen) atoms. The number of alkyl halides is 2. The number of hydrogen-bond acceptors (Lipinski definition) is 4. The van der Waals surface area contributed by atoms with E-state index in [1.807, 2.05) is 6.92 Å². The molecule has 0 N–H and O–H groups in total.